The SMILES string of the molecule is CCNc1cc(C(=O)Nc2cccc(I)c2)cc(C)n1. The van der Waals surface area contributed by atoms with Gasteiger partial charge in [-0.15, -0.1) is 0 Å². The fourth-order valence-electron chi connectivity index (χ4n) is 1.84. The largest absolute Gasteiger partial charge is 0.370 e. The van der Waals surface area contributed by atoms with Gasteiger partial charge in [-0.1, -0.05) is 6.07 Å². The summed E-state index contributed by atoms with van der Waals surface area (Å²) < 4.78 is 1.08. The minimum atomic E-state index is -0.128. The standard InChI is InChI=1S/C15H16IN3O/c1-3-17-14-8-11(7-10(2)18-14)15(20)19-13-6-4-5-12(16)9-13/h4-9H,3H2,1-2H3,(H,17,18)(H,19,20). The molecular weight excluding hydrogens is 365 g/mol. The van der Waals surface area contributed by atoms with E-state index in [0.717, 1.165) is 27.3 Å². The summed E-state index contributed by atoms with van der Waals surface area (Å²) in [5, 5.41) is 6.02. The lowest BCUT2D eigenvalue weighted by molar-refractivity contribution is 0.102. The molecule has 0 aliphatic rings. The van der Waals surface area contributed by atoms with Crippen LogP contribution in [0.3, 0.4) is 0 Å². The van der Waals surface area contributed by atoms with Crippen molar-refractivity contribution in [2.75, 3.05) is 17.2 Å². The highest BCUT2D eigenvalue weighted by Gasteiger charge is 2.09. The summed E-state index contributed by atoms with van der Waals surface area (Å²) in [7, 11) is 0. The molecule has 1 heterocycles. The molecule has 0 fully saturated rings. The number of rotatable bonds is 4. The first-order chi connectivity index (χ1) is 9.58. The molecule has 0 saturated carbocycles. The van der Waals surface area contributed by atoms with Gasteiger partial charge in [-0.3, -0.25) is 4.79 Å². The Morgan fingerprint density at radius 2 is 2.10 bits per heavy atom. The number of halogens is 1. The maximum Gasteiger partial charge on any atom is 0.255 e. The third-order valence-corrected chi connectivity index (χ3v) is 3.33. The third kappa shape index (κ3) is 3.93. The Kier molecular flexibility index (Phi) is 4.94. The number of benzene rings is 1. The summed E-state index contributed by atoms with van der Waals surface area (Å²) in [5.41, 5.74) is 2.21. The van der Waals surface area contributed by atoms with Crippen LogP contribution in [0.4, 0.5) is 11.5 Å². The number of aromatic nitrogens is 1. The first kappa shape index (κ1) is 14.8. The van der Waals surface area contributed by atoms with Crippen LogP contribution in [0.5, 0.6) is 0 Å². The molecule has 0 aliphatic heterocycles. The summed E-state index contributed by atoms with van der Waals surface area (Å²) in [5.74, 6) is 0.594. The van der Waals surface area contributed by atoms with Gasteiger partial charge >= 0.3 is 0 Å². The number of anilines is 2. The summed E-state index contributed by atoms with van der Waals surface area (Å²) in [6.07, 6.45) is 0. The average molecular weight is 381 g/mol. The average Bonchev–Trinajstić information content (AvgIpc) is 2.38. The number of nitrogens with one attached hydrogen (secondary N) is 2. The molecule has 0 atom stereocenters. The monoisotopic (exact) mass is 381 g/mol. The van der Waals surface area contributed by atoms with E-state index in [0.29, 0.717) is 5.56 Å². The zero-order valence-corrected chi connectivity index (χ0v) is 13.6. The van der Waals surface area contributed by atoms with Gasteiger partial charge in [0.2, 0.25) is 0 Å². The van der Waals surface area contributed by atoms with E-state index in [1.54, 1.807) is 12.1 Å². The van der Waals surface area contributed by atoms with Gasteiger partial charge in [0.1, 0.15) is 5.82 Å². The van der Waals surface area contributed by atoms with E-state index < -0.39 is 0 Å². The molecule has 0 unspecified atom stereocenters. The molecule has 0 spiro atoms. The predicted octanol–water partition coefficient (Wildman–Crippen LogP) is 3.68. The highest BCUT2D eigenvalue weighted by molar-refractivity contribution is 14.1. The number of hydrogen-bond acceptors (Lipinski definition) is 3. The van der Waals surface area contributed by atoms with Gasteiger partial charge in [-0.05, 0) is 66.8 Å². The predicted molar refractivity (Wildman–Crippen MR) is 90.2 cm³/mol. The van der Waals surface area contributed by atoms with Crippen molar-refractivity contribution in [2.24, 2.45) is 0 Å². The van der Waals surface area contributed by atoms with Crippen LogP contribution >= 0.6 is 22.6 Å². The summed E-state index contributed by atoms with van der Waals surface area (Å²) in [6, 6.07) is 11.2. The molecule has 0 radical (unpaired) electrons. The first-order valence-electron chi connectivity index (χ1n) is 6.38. The molecule has 1 aromatic heterocycles. The normalized spacial score (nSPS) is 10.2. The fraction of sp³-hybridized carbons (Fsp3) is 0.200. The van der Waals surface area contributed by atoms with Crippen LogP contribution in [-0.4, -0.2) is 17.4 Å². The Morgan fingerprint density at radius 1 is 1.30 bits per heavy atom. The zero-order chi connectivity index (χ0) is 14.5. The van der Waals surface area contributed by atoms with Crippen molar-refractivity contribution in [1.82, 2.24) is 4.98 Å². The Balaban J connectivity index is 2.20. The zero-order valence-electron chi connectivity index (χ0n) is 11.4. The number of nitrogens with zero attached hydrogens (tertiary/aromatic N) is 1. The van der Waals surface area contributed by atoms with Gasteiger partial charge in [0, 0.05) is 27.1 Å². The Labute approximate surface area is 132 Å². The van der Waals surface area contributed by atoms with Gasteiger partial charge in [0.05, 0.1) is 0 Å². The van der Waals surface area contributed by atoms with Crippen LogP contribution in [-0.2, 0) is 0 Å². The lowest BCUT2D eigenvalue weighted by Gasteiger charge is -2.09. The highest BCUT2D eigenvalue weighted by atomic mass is 127. The second kappa shape index (κ2) is 6.69. The van der Waals surface area contributed by atoms with Gasteiger partial charge < -0.3 is 10.6 Å². The highest BCUT2D eigenvalue weighted by Crippen LogP contribution is 2.15. The summed E-state index contributed by atoms with van der Waals surface area (Å²) >= 11 is 2.22. The van der Waals surface area contributed by atoms with E-state index in [1.807, 2.05) is 38.1 Å². The minimum Gasteiger partial charge on any atom is -0.370 e. The van der Waals surface area contributed by atoms with E-state index >= 15 is 0 Å². The molecule has 1 amide bonds. The van der Waals surface area contributed by atoms with Crippen LogP contribution in [0.25, 0.3) is 0 Å². The number of hydrogen-bond donors (Lipinski definition) is 2. The van der Waals surface area contributed by atoms with E-state index in [9.17, 15) is 4.79 Å². The van der Waals surface area contributed by atoms with Gasteiger partial charge in [-0.2, -0.15) is 0 Å². The number of pyridine rings is 1. The maximum atomic E-state index is 12.3. The molecule has 1 aromatic carbocycles. The van der Waals surface area contributed by atoms with Crippen molar-refractivity contribution < 1.29 is 4.79 Å². The molecule has 2 aromatic rings. The molecule has 4 nitrogen and oxygen atoms in total. The number of carbonyl (C=O) groups is 1. The molecule has 5 heteroatoms. The van der Waals surface area contributed by atoms with Gasteiger partial charge in [-0.25, -0.2) is 4.98 Å². The second-order valence-electron chi connectivity index (χ2n) is 4.38. The van der Waals surface area contributed by atoms with E-state index in [4.69, 9.17) is 0 Å². The molecule has 0 bridgehead atoms. The van der Waals surface area contributed by atoms with Crippen LogP contribution < -0.4 is 10.6 Å². The van der Waals surface area contributed by atoms with Crippen molar-refractivity contribution in [2.45, 2.75) is 13.8 Å². The Bertz CT molecular complexity index is 628. The number of carbonyl (C=O) groups excluding carboxylic acids is 1. The lowest BCUT2D eigenvalue weighted by Crippen LogP contribution is -2.13. The van der Waals surface area contributed by atoms with Crippen LogP contribution in [0.2, 0.25) is 0 Å². The Hall–Kier alpha value is -1.63. The number of amides is 1. The van der Waals surface area contributed by atoms with Gasteiger partial charge in [0.25, 0.3) is 5.91 Å². The van der Waals surface area contributed by atoms with E-state index in [-0.39, 0.29) is 5.91 Å². The van der Waals surface area contributed by atoms with E-state index in [2.05, 4.69) is 38.2 Å². The number of aryl methyl sites for hydroxylation is 1. The molecule has 0 aliphatic carbocycles. The van der Waals surface area contributed by atoms with E-state index in [1.165, 1.54) is 0 Å². The van der Waals surface area contributed by atoms with Crippen molar-refractivity contribution >= 4 is 40.0 Å². The maximum absolute atomic E-state index is 12.3. The molecule has 20 heavy (non-hydrogen) atoms. The van der Waals surface area contributed by atoms with Crippen molar-refractivity contribution in [1.29, 1.82) is 0 Å². The minimum absolute atomic E-state index is 0.128. The van der Waals surface area contributed by atoms with Crippen LogP contribution in [0.1, 0.15) is 23.0 Å². The molecular formula is C15H16IN3O. The Morgan fingerprint density at radius 3 is 2.80 bits per heavy atom. The topological polar surface area (TPSA) is 54.0 Å². The van der Waals surface area contributed by atoms with Gasteiger partial charge in [0.15, 0.2) is 0 Å². The third-order valence-electron chi connectivity index (χ3n) is 2.66. The first-order valence-corrected chi connectivity index (χ1v) is 7.46. The smallest absolute Gasteiger partial charge is 0.255 e. The lowest BCUT2D eigenvalue weighted by atomic mass is 10.2. The van der Waals surface area contributed by atoms with Crippen molar-refractivity contribution in [3.8, 4) is 0 Å². The second-order valence-corrected chi connectivity index (χ2v) is 5.62. The quantitative estimate of drug-likeness (QED) is 0.795. The van der Waals surface area contributed by atoms with Crippen LogP contribution in [0.15, 0.2) is 36.4 Å². The molecule has 2 N–H and O–H groups in total. The molecule has 104 valence electrons. The molecule has 0 saturated heterocycles. The van der Waals surface area contributed by atoms with Crippen molar-refractivity contribution in [3.63, 3.8) is 0 Å². The van der Waals surface area contributed by atoms with Crippen LogP contribution in [0, 0.1) is 10.5 Å². The van der Waals surface area contributed by atoms with Crippen molar-refractivity contribution in [3.05, 3.63) is 51.2 Å². The summed E-state index contributed by atoms with van der Waals surface area (Å²) in [6.45, 7) is 4.65. The molecule has 2 rings (SSSR count). The summed E-state index contributed by atoms with van der Waals surface area (Å²) in [4.78, 5) is 16.6. The fourth-order valence-corrected chi connectivity index (χ4v) is 2.38.